The summed E-state index contributed by atoms with van der Waals surface area (Å²) in [7, 11) is 0. The molecule has 0 spiro atoms. The molecule has 0 radical (unpaired) electrons. The van der Waals surface area contributed by atoms with Crippen LogP contribution in [0, 0.1) is 0 Å². The molecule has 4 aromatic rings. The molecule has 1 heterocycles. The zero-order valence-electron chi connectivity index (χ0n) is 15.8. The topological polar surface area (TPSA) is 63.9 Å². The molecule has 3 N–H and O–H groups in total. The fourth-order valence-electron chi connectivity index (χ4n) is 2.81. The van der Waals surface area contributed by atoms with E-state index in [4.69, 9.17) is 10.5 Å². The van der Waals surface area contributed by atoms with Gasteiger partial charge in [0, 0.05) is 13.0 Å². The predicted molar refractivity (Wildman–Crippen MR) is 111 cm³/mol. The highest BCUT2D eigenvalue weighted by Gasteiger charge is 2.05. The summed E-state index contributed by atoms with van der Waals surface area (Å²) in [5.41, 5.74) is 9.97. The summed E-state index contributed by atoms with van der Waals surface area (Å²) in [6, 6.07) is 24.0. The SMILES string of the molecule is CC.NCc1ccc2nc(Cc3ccc(Oc4ccccc4)cc3)[nH]c2c1. The van der Waals surface area contributed by atoms with Gasteiger partial charge < -0.3 is 15.5 Å². The van der Waals surface area contributed by atoms with Gasteiger partial charge in [-0.1, -0.05) is 50.2 Å². The molecule has 0 unspecified atom stereocenters. The van der Waals surface area contributed by atoms with Crippen LogP contribution in [0.5, 0.6) is 11.5 Å². The molecule has 0 atom stereocenters. The smallest absolute Gasteiger partial charge is 0.127 e. The van der Waals surface area contributed by atoms with Crippen LogP contribution in [-0.4, -0.2) is 9.97 Å². The molecule has 3 aromatic carbocycles. The fraction of sp³-hybridized carbons (Fsp3) is 0.174. The molecule has 138 valence electrons. The summed E-state index contributed by atoms with van der Waals surface area (Å²) in [6.45, 7) is 4.53. The first-order chi connectivity index (χ1) is 13.3. The van der Waals surface area contributed by atoms with Gasteiger partial charge in [0.1, 0.15) is 17.3 Å². The minimum atomic E-state index is 0.535. The molecule has 0 aliphatic carbocycles. The highest BCUT2D eigenvalue weighted by molar-refractivity contribution is 5.76. The first kappa shape index (κ1) is 18.7. The van der Waals surface area contributed by atoms with E-state index in [1.165, 1.54) is 5.56 Å². The maximum Gasteiger partial charge on any atom is 0.127 e. The van der Waals surface area contributed by atoms with Crippen molar-refractivity contribution in [2.24, 2.45) is 5.73 Å². The van der Waals surface area contributed by atoms with Crippen molar-refractivity contribution in [2.45, 2.75) is 26.8 Å². The van der Waals surface area contributed by atoms with Gasteiger partial charge in [-0.25, -0.2) is 4.98 Å². The normalized spacial score (nSPS) is 10.3. The summed E-state index contributed by atoms with van der Waals surface area (Å²) in [4.78, 5) is 8.02. The van der Waals surface area contributed by atoms with Crippen molar-refractivity contribution in [3.05, 3.63) is 89.7 Å². The van der Waals surface area contributed by atoms with Gasteiger partial charge in [-0.05, 0) is 47.5 Å². The van der Waals surface area contributed by atoms with Crippen molar-refractivity contribution in [3.8, 4) is 11.5 Å². The van der Waals surface area contributed by atoms with Gasteiger partial charge in [0.05, 0.1) is 11.0 Å². The number of hydrogen-bond donors (Lipinski definition) is 2. The minimum Gasteiger partial charge on any atom is -0.457 e. The number of imidazole rings is 1. The van der Waals surface area contributed by atoms with Gasteiger partial charge in [-0.3, -0.25) is 0 Å². The summed E-state index contributed by atoms with van der Waals surface area (Å²) in [6.07, 6.45) is 0.748. The Bertz CT molecular complexity index is 976. The lowest BCUT2D eigenvalue weighted by atomic mass is 10.1. The van der Waals surface area contributed by atoms with Crippen LogP contribution < -0.4 is 10.5 Å². The second kappa shape index (κ2) is 9.01. The molecule has 0 aliphatic rings. The number of ether oxygens (including phenoxy) is 1. The van der Waals surface area contributed by atoms with Crippen molar-refractivity contribution < 1.29 is 4.74 Å². The lowest BCUT2D eigenvalue weighted by Crippen LogP contribution is -1.95. The number of aromatic nitrogens is 2. The van der Waals surface area contributed by atoms with Gasteiger partial charge in [0.15, 0.2) is 0 Å². The van der Waals surface area contributed by atoms with Crippen LogP contribution in [0.25, 0.3) is 11.0 Å². The quantitative estimate of drug-likeness (QED) is 0.499. The third-order valence-corrected chi connectivity index (χ3v) is 4.10. The van der Waals surface area contributed by atoms with E-state index in [0.29, 0.717) is 6.54 Å². The molecule has 0 saturated heterocycles. The summed E-state index contributed by atoms with van der Waals surface area (Å²) in [5, 5.41) is 0. The molecular weight excluding hydrogens is 334 g/mol. The molecule has 0 amide bonds. The van der Waals surface area contributed by atoms with E-state index >= 15 is 0 Å². The molecule has 4 rings (SSSR count). The van der Waals surface area contributed by atoms with Gasteiger partial charge in [-0.15, -0.1) is 0 Å². The number of hydrogen-bond acceptors (Lipinski definition) is 3. The number of nitrogens with one attached hydrogen (secondary N) is 1. The van der Waals surface area contributed by atoms with Gasteiger partial charge >= 0.3 is 0 Å². The van der Waals surface area contributed by atoms with Crippen LogP contribution in [-0.2, 0) is 13.0 Å². The molecule has 0 saturated carbocycles. The van der Waals surface area contributed by atoms with Crippen LogP contribution in [0.4, 0.5) is 0 Å². The lowest BCUT2D eigenvalue weighted by Gasteiger charge is -2.06. The van der Waals surface area contributed by atoms with Gasteiger partial charge in [0.2, 0.25) is 0 Å². The summed E-state index contributed by atoms with van der Waals surface area (Å²) < 4.78 is 5.82. The van der Waals surface area contributed by atoms with Crippen LogP contribution in [0.3, 0.4) is 0 Å². The lowest BCUT2D eigenvalue weighted by molar-refractivity contribution is 0.482. The average molecular weight is 359 g/mol. The number of nitrogens with zero attached hydrogens (tertiary/aromatic N) is 1. The number of benzene rings is 3. The molecule has 4 heteroatoms. The maximum atomic E-state index is 5.82. The van der Waals surface area contributed by atoms with E-state index in [1.807, 2.05) is 68.4 Å². The Labute approximate surface area is 160 Å². The number of fused-ring (bicyclic) bond motifs is 1. The number of H-pyrrole nitrogens is 1. The standard InChI is InChI=1S/C21H19N3O.C2H6/c22-14-16-8-11-19-20(12-16)24-21(23-19)13-15-6-9-18(10-7-15)25-17-4-2-1-3-5-17;1-2/h1-12H,13-14,22H2,(H,23,24);1-2H3. The van der Waals surface area contributed by atoms with Crippen LogP contribution in [0.15, 0.2) is 72.8 Å². The molecule has 4 nitrogen and oxygen atoms in total. The van der Waals surface area contributed by atoms with E-state index in [0.717, 1.165) is 40.3 Å². The summed E-state index contributed by atoms with van der Waals surface area (Å²) in [5.74, 6) is 2.61. The number of para-hydroxylation sites is 1. The Morgan fingerprint density at radius 2 is 1.52 bits per heavy atom. The predicted octanol–water partition coefficient (Wildman–Crippen LogP) is 5.43. The van der Waals surface area contributed by atoms with Crippen molar-refractivity contribution >= 4 is 11.0 Å². The molecular formula is C23H25N3O. The minimum absolute atomic E-state index is 0.535. The van der Waals surface area contributed by atoms with E-state index in [9.17, 15) is 0 Å². The number of aromatic amines is 1. The largest absolute Gasteiger partial charge is 0.457 e. The average Bonchev–Trinajstić information content (AvgIpc) is 3.13. The van der Waals surface area contributed by atoms with E-state index < -0.39 is 0 Å². The van der Waals surface area contributed by atoms with Crippen LogP contribution >= 0.6 is 0 Å². The van der Waals surface area contributed by atoms with Crippen molar-refractivity contribution in [2.75, 3.05) is 0 Å². The van der Waals surface area contributed by atoms with Crippen molar-refractivity contribution in [1.29, 1.82) is 0 Å². The molecule has 1 aromatic heterocycles. The van der Waals surface area contributed by atoms with Crippen LogP contribution in [0.1, 0.15) is 30.8 Å². The van der Waals surface area contributed by atoms with Gasteiger partial charge in [-0.2, -0.15) is 0 Å². The summed E-state index contributed by atoms with van der Waals surface area (Å²) >= 11 is 0. The number of nitrogens with two attached hydrogens (primary N) is 1. The van der Waals surface area contributed by atoms with Gasteiger partial charge in [0.25, 0.3) is 0 Å². The zero-order valence-corrected chi connectivity index (χ0v) is 15.8. The Kier molecular flexibility index (Phi) is 6.23. The van der Waals surface area contributed by atoms with Crippen molar-refractivity contribution in [1.82, 2.24) is 9.97 Å². The van der Waals surface area contributed by atoms with E-state index in [-0.39, 0.29) is 0 Å². The van der Waals surface area contributed by atoms with Crippen molar-refractivity contribution in [3.63, 3.8) is 0 Å². The zero-order chi connectivity index (χ0) is 19.1. The Morgan fingerprint density at radius 1 is 0.852 bits per heavy atom. The third-order valence-electron chi connectivity index (χ3n) is 4.10. The first-order valence-corrected chi connectivity index (χ1v) is 9.29. The molecule has 0 aliphatic heterocycles. The molecule has 27 heavy (non-hydrogen) atoms. The fourth-order valence-corrected chi connectivity index (χ4v) is 2.81. The second-order valence-electron chi connectivity index (χ2n) is 5.97. The third kappa shape index (κ3) is 4.74. The highest BCUT2D eigenvalue weighted by Crippen LogP contribution is 2.22. The Balaban J connectivity index is 0.00000102. The van der Waals surface area contributed by atoms with Crippen LogP contribution in [0.2, 0.25) is 0 Å². The Morgan fingerprint density at radius 3 is 2.22 bits per heavy atom. The maximum absolute atomic E-state index is 5.82. The monoisotopic (exact) mass is 359 g/mol. The first-order valence-electron chi connectivity index (χ1n) is 9.29. The number of rotatable bonds is 5. The highest BCUT2D eigenvalue weighted by atomic mass is 16.5. The second-order valence-corrected chi connectivity index (χ2v) is 5.97. The van der Waals surface area contributed by atoms with E-state index in [1.54, 1.807) is 0 Å². The molecule has 0 fully saturated rings. The molecule has 0 bridgehead atoms. The van der Waals surface area contributed by atoms with E-state index in [2.05, 4.69) is 28.2 Å². The Hall–Kier alpha value is -3.11.